The maximum atomic E-state index is 11.7. The van der Waals surface area contributed by atoms with Crippen LogP contribution in [0.2, 0.25) is 0 Å². The molecule has 1 aromatic rings. The van der Waals surface area contributed by atoms with Crippen LogP contribution in [0.3, 0.4) is 0 Å². The van der Waals surface area contributed by atoms with E-state index in [1.54, 1.807) is 13.1 Å². The molecular formula is C15H26N4O3S. The molecule has 3 rings (SSSR count). The molecule has 7 nitrogen and oxygen atoms in total. The minimum atomic E-state index is -3.18. The molecule has 0 radical (unpaired) electrons. The highest BCUT2D eigenvalue weighted by Crippen LogP contribution is 2.23. The lowest BCUT2D eigenvalue weighted by Crippen LogP contribution is -2.45. The van der Waals surface area contributed by atoms with Gasteiger partial charge in [0.05, 0.1) is 17.5 Å². The quantitative estimate of drug-likeness (QED) is 0.819. The number of fused-ring (bicyclic) bond motifs is 1. The van der Waals surface area contributed by atoms with E-state index < -0.39 is 10.0 Å². The predicted molar refractivity (Wildman–Crippen MR) is 87.5 cm³/mol. The van der Waals surface area contributed by atoms with E-state index in [9.17, 15) is 8.42 Å². The summed E-state index contributed by atoms with van der Waals surface area (Å²) in [6.07, 6.45) is 4.03. The molecule has 1 saturated heterocycles. The van der Waals surface area contributed by atoms with Gasteiger partial charge in [-0.25, -0.2) is 13.1 Å². The lowest BCUT2D eigenvalue weighted by Gasteiger charge is -2.36. The van der Waals surface area contributed by atoms with Crippen molar-refractivity contribution >= 4 is 10.0 Å². The molecule has 1 atom stereocenters. The molecule has 1 aromatic heterocycles. The second-order valence-corrected chi connectivity index (χ2v) is 8.52. The summed E-state index contributed by atoms with van der Waals surface area (Å²) in [6, 6.07) is 2.08. The largest absolute Gasteiger partial charge is 0.381 e. The van der Waals surface area contributed by atoms with Crippen LogP contribution in [-0.4, -0.2) is 61.7 Å². The number of hydrogen-bond acceptors (Lipinski definition) is 5. The monoisotopic (exact) mass is 342 g/mol. The van der Waals surface area contributed by atoms with E-state index in [1.807, 2.05) is 10.7 Å². The first-order valence-electron chi connectivity index (χ1n) is 8.37. The van der Waals surface area contributed by atoms with Gasteiger partial charge in [-0.2, -0.15) is 5.10 Å². The van der Waals surface area contributed by atoms with E-state index in [0.29, 0.717) is 12.5 Å². The summed E-state index contributed by atoms with van der Waals surface area (Å²) in [5.41, 5.74) is 1.16. The van der Waals surface area contributed by atoms with Gasteiger partial charge in [0.2, 0.25) is 10.0 Å². The van der Waals surface area contributed by atoms with Crippen molar-refractivity contribution in [3.8, 4) is 0 Å². The van der Waals surface area contributed by atoms with Crippen LogP contribution in [0.1, 0.15) is 31.5 Å². The Balaban J connectivity index is 1.64. The number of sulfonamides is 1. The first-order chi connectivity index (χ1) is 11.1. The molecule has 0 saturated carbocycles. The van der Waals surface area contributed by atoms with Gasteiger partial charge in [-0.15, -0.1) is 0 Å². The summed E-state index contributed by atoms with van der Waals surface area (Å²) in [5.74, 6) is 0.781. The van der Waals surface area contributed by atoms with E-state index in [1.165, 1.54) is 0 Å². The smallest absolute Gasteiger partial charge is 0.211 e. The van der Waals surface area contributed by atoms with Gasteiger partial charge < -0.3 is 4.74 Å². The predicted octanol–water partition coefficient (Wildman–Crippen LogP) is 0.606. The van der Waals surface area contributed by atoms with Crippen LogP contribution >= 0.6 is 0 Å². The highest BCUT2D eigenvalue weighted by atomic mass is 32.2. The van der Waals surface area contributed by atoms with Gasteiger partial charge in [-0.05, 0) is 31.7 Å². The topological polar surface area (TPSA) is 76.5 Å². The summed E-state index contributed by atoms with van der Waals surface area (Å²) >= 11 is 0. The van der Waals surface area contributed by atoms with Gasteiger partial charge in [-0.1, -0.05) is 0 Å². The van der Waals surface area contributed by atoms with Gasteiger partial charge in [-0.3, -0.25) is 9.58 Å². The third kappa shape index (κ3) is 4.32. The number of ether oxygens (including phenoxy) is 1. The van der Waals surface area contributed by atoms with Crippen molar-refractivity contribution in [1.29, 1.82) is 0 Å². The zero-order chi connectivity index (χ0) is 16.3. The molecule has 0 spiro atoms. The van der Waals surface area contributed by atoms with Gasteiger partial charge in [0.15, 0.2) is 0 Å². The van der Waals surface area contributed by atoms with Crippen LogP contribution in [0, 0.1) is 5.92 Å². The van der Waals surface area contributed by atoms with Gasteiger partial charge >= 0.3 is 0 Å². The first kappa shape index (κ1) is 16.9. The average Bonchev–Trinajstić information content (AvgIpc) is 3.02. The van der Waals surface area contributed by atoms with Crippen molar-refractivity contribution < 1.29 is 13.2 Å². The van der Waals surface area contributed by atoms with Gasteiger partial charge in [0.1, 0.15) is 0 Å². The average molecular weight is 342 g/mol. The molecule has 2 aliphatic heterocycles. The van der Waals surface area contributed by atoms with Crippen LogP contribution in [0.15, 0.2) is 12.3 Å². The maximum absolute atomic E-state index is 11.7. The standard InChI is InChI=1S/C15H26N4O3S/c1-2-23(20,21)17-9-15-12-18(10-13-4-7-22-8-5-13)11-14-3-6-16-19(14)15/h3,6,13,15,17H,2,4-5,7-12H2,1H3/t15-/m0/s1. The molecule has 2 aliphatic rings. The second kappa shape index (κ2) is 7.29. The van der Waals surface area contributed by atoms with Crippen LogP contribution in [0.25, 0.3) is 0 Å². The van der Waals surface area contributed by atoms with Crippen molar-refractivity contribution in [2.75, 3.05) is 38.6 Å². The van der Waals surface area contributed by atoms with Crippen LogP contribution in [0.5, 0.6) is 0 Å². The van der Waals surface area contributed by atoms with Crippen molar-refractivity contribution in [2.45, 2.75) is 32.4 Å². The maximum Gasteiger partial charge on any atom is 0.211 e. The van der Waals surface area contributed by atoms with E-state index in [4.69, 9.17) is 4.74 Å². The Kier molecular flexibility index (Phi) is 5.35. The summed E-state index contributed by atoms with van der Waals surface area (Å²) < 4.78 is 33.5. The van der Waals surface area contributed by atoms with Crippen LogP contribution in [0.4, 0.5) is 0 Å². The normalized spacial score (nSPS) is 23.8. The Morgan fingerprint density at radius 1 is 1.39 bits per heavy atom. The van der Waals surface area contributed by atoms with Crippen LogP contribution in [-0.2, 0) is 21.3 Å². The highest BCUT2D eigenvalue weighted by Gasteiger charge is 2.28. The third-order valence-electron chi connectivity index (χ3n) is 4.73. The van der Waals surface area contributed by atoms with E-state index >= 15 is 0 Å². The zero-order valence-electron chi connectivity index (χ0n) is 13.6. The molecule has 8 heteroatoms. The molecule has 23 heavy (non-hydrogen) atoms. The Labute approximate surface area is 138 Å². The minimum absolute atomic E-state index is 0.0508. The van der Waals surface area contributed by atoms with Crippen LogP contribution < -0.4 is 4.72 Å². The summed E-state index contributed by atoms with van der Waals surface area (Å²) in [5, 5.41) is 4.38. The molecule has 130 valence electrons. The summed E-state index contributed by atoms with van der Waals surface area (Å²) in [4.78, 5) is 2.43. The Morgan fingerprint density at radius 2 is 2.17 bits per heavy atom. The summed E-state index contributed by atoms with van der Waals surface area (Å²) in [6.45, 7) is 6.53. The molecule has 3 heterocycles. The minimum Gasteiger partial charge on any atom is -0.381 e. The molecule has 0 bridgehead atoms. The number of nitrogens with zero attached hydrogens (tertiary/aromatic N) is 3. The zero-order valence-corrected chi connectivity index (χ0v) is 14.5. The van der Waals surface area contributed by atoms with Crippen molar-refractivity contribution in [2.24, 2.45) is 5.92 Å². The van der Waals surface area contributed by atoms with Gasteiger partial charge in [0.25, 0.3) is 0 Å². The third-order valence-corrected chi connectivity index (χ3v) is 6.10. The molecule has 0 aliphatic carbocycles. The molecule has 0 unspecified atom stereocenters. The fourth-order valence-corrected chi connectivity index (χ4v) is 4.02. The van der Waals surface area contributed by atoms with Crippen molar-refractivity contribution in [3.05, 3.63) is 18.0 Å². The number of hydrogen-bond donors (Lipinski definition) is 1. The van der Waals surface area contributed by atoms with E-state index in [0.717, 1.165) is 51.4 Å². The number of rotatable bonds is 6. The SMILES string of the molecule is CCS(=O)(=O)NC[C@H]1CN(CC2CCOCC2)Cc2ccnn21. The number of aromatic nitrogens is 2. The fourth-order valence-electron chi connectivity index (χ4n) is 3.37. The number of nitrogens with one attached hydrogen (secondary N) is 1. The Morgan fingerprint density at radius 3 is 2.91 bits per heavy atom. The Bertz CT molecular complexity index is 610. The van der Waals surface area contributed by atoms with E-state index in [2.05, 4.69) is 14.7 Å². The van der Waals surface area contributed by atoms with Crippen molar-refractivity contribution in [3.63, 3.8) is 0 Å². The highest BCUT2D eigenvalue weighted by molar-refractivity contribution is 7.89. The molecular weight excluding hydrogens is 316 g/mol. The molecule has 1 fully saturated rings. The lowest BCUT2D eigenvalue weighted by molar-refractivity contribution is 0.0449. The van der Waals surface area contributed by atoms with Crippen molar-refractivity contribution in [1.82, 2.24) is 19.4 Å². The molecule has 1 N–H and O–H groups in total. The Hall–Kier alpha value is -0.960. The first-order valence-corrected chi connectivity index (χ1v) is 10.0. The second-order valence-electron chi connectivity index (χ2n) is 6.42. The van der Waals surface area contributed by atoms with Gasteiger partial charge in [0, 0.05) is 45.6 Å². The molecule has 0 aromatic carbocycles. The fraction of sp³-hybridized carbons (Fsp3) is 0.800. The molecule has 0 amide bonds. The lowest BCUT2D eigenvalue weighted by atomic mass is 9.99. The summed E-state index contributed by atoms with van der Waals surface area (Å²) in [7, 11) is -3.18. The van der Waals surface area contributed by atoms with E-state index in [-0.39, 0.29) is 11.8 Å².